The third kappa shape index (κ3) is 2.19. The molecule has 0 aromatic rings. The highest BCUT2D eigenvalue weighted by atomic mass is 16.2. The third-order valence-electron chi connectivity index (χ3n) is 2.24. The second-order valence-corrected chi connectivity index (χ2v) is 3.45. The van der Waals surface area contributed by atoms with Gasteiger partial charge in [-0.2, -0.15) is 0 Å². The van der Waals surface area contributed by atoms with Crippen LogP contribution in [0, 0.1) is 0 Å². The number of carbonyl (C=O) groups is 1. The molecule has 1 rings (SSSR count). The lowest BCUT2D eigenvalue weighted by Crippen LogP contribution is -2.48. The standard InChI is InChI=1S/C8H17N3O/c1-6(9)8(12)11-4-2-7(10)3-5-11/h6-7H,2-5,9-10H2,1H3/t6-/m1/s1. The van der Waals surface area contributed by atoms with E-state index in [1.165, 1.54) is 0 Å². The van der Waals surface area contributed by atoms with Crippen molar-refractivity contribution in [2.75, 3.05) is 13.1 Å². The van der Waals surface area contributed by atoms with E-state index in [1.807, 2.05) is 0 Å². The van der Waals surface area contributed by atoms with Gasteiger partial charge in [-0.1, -0.05) is 0 Å². The van der Waals surface area contributed by atoms with E-state index in [0.29, 0.717) is 0 Å². The summed E-state index contributed by atoms with van der Waals surface area (Å²) in [6.45, 7) is 3.25. The van der Waals surface area contributed by atoms with Crippen molar-refractivity contribution in [1.29, 1.82) is 0 Å². The summed E-state index contributed by atoms with van der Waals surface area (Å²) in [6.07, 6.45) is 1.80. The molecule has 0 aliphatic carbocycles. The van der Waals surface area contributed by atoms with E-state index in [4.69, 9.17) is 11.5 Å². The molecule has 0 bridgehead atoms. The number of carbonyl (C=O) groups excluding carboxylic acids is 1. The molecule has 4 heteroatoms. The highest BCUT2D eigenvalue weighted by Gasteiger charge is 2.22. The molecule has 0 aromatic heterocycles. The Labute approximate surface area is 72.9 Å². The van der Waals surface area contributed by atoms with Gasteiger partial charge in [-0.3, -0.25) is 4.79 Å². The fourth-order valence-corrected chi connectivity index (χ4v) is 1.41. The number of likely N-dealkylation sites (tertiary alicyclic amines) is 1. The average molecular weight is 171 g/mol. The zero-order chi connectivity index (χ0) is 9.14. The van der Waals surface area contributed by atoms with Gasteiger partial charge >= 0.3 is 0 Å². The molecule has 1 amide bonds. The Morgan fingerprint density at radius 2 is 2.00 bits per heavy atom. The van der Waals surface area contributed by atoms with E-state index in [1.54, 1.807) is 11.8 Å². The van der Waals surface area contributed by atoms with Crippen LogP contribution in [0.1, 0.15) is 19.8 Å². The van der Waals surface area contributed by atoms with Crippen LogP contribution in [-0.4, -0.2) is 36.0 Å². The summed E-state index contributed by atoms with van der Waals surface area (Å²) in [6, 6.07) is -0.110. The van der Waals surface area contributed by atoms with Gasteiger partial charge in [-0.15, -0.1) is 0 Å². The zero-order valence-electron chi connectivity index (χ0n) is 7.49. The van der Waals surface area contributed by atoms with Gasteiger partial charge in [0.15, 0.2) is 0 Å². The number of piperidine rings is 1. The smallest absolute Gasteiger partial charge is 0.239 e. The monoisotopic (exact) mass is 171 g/mol. The van der Waals surface area contributed by atoms with Crippen LogP contribution in [-0.2, 0) is 4.79 Å². The summed E-state index contributed by atoms with van der Waals surface area (Å²) >= 11 is 0. The van der Waals surface area contributed by atoms with E-state index in [-0.39, 0.29) is 18.0 Å². The van der Waals surface area contributed by atoms with Crippen molar-refractivity contribution in [3.63, 3.8) is 0 Å². The third-order valence-corrected chi connectivity index (χ3v) is 2.24. The van der Waals surface area contributed by atoms with Gasteiger partial charge in [0.25, 0.3) is 0 Å². The zero-order valence-corrected chi connectivity index (χ0v) is 7.49. The first-order valence-corrected chi connectivity index (χ1v) is 4.41. The summed E-state index contributed by atoms with van der Waals surface area (Å²) < 4.78 is 0. The van der Waals surface area contributed by atoms with Crippen molar-refractivity contribution in [3.05, 3.63) is 0 Å². The molecular formula is C8H17N3O. The topological polar surface area (TPSA) is 72.4 Å². The predicted octanol–water partition coefficient (Wildman–Crippen LogP) is -0.717. The van der Waals surface area contributed by atoms with Crippen LogP contribution in [0.25, 0.3) is 0 Å². The predicted molar refractivity (Wildman–Crippen MR) is 47.4 cm³/mol. The molecule has 1 atom stereocenters. The van der Waals surface area contributed by atoms with Crippen molar-refractivity contribution < 1.29 is 4.79 Å². The molecule has 1 saturated heterocycles. The minimum absolute atomic E-state index is 0.0434. The molecule has 1 aliphatic heterocycles. The van der Waals surface area contributed by atoms with Crippen molar-refractivity contribution in [3.8, 4) is 0 Å². The number of nitrogens with two attached hydrogens (primary N) is 2. The van der Waals surface area contributed by atoms with E-state index in [2.05, 4.69) is 0 Å². The number of hydrogen-bond donors (Lipinski definition) is 2. The Hall–Kier alpha value is -0.610. The lowest BCUT2D eigenvalue weighted by atomic mass is 10.1. The van der Waals surface area contributed by atoms with Crippen molar-refractivity contribution in [1.82, 2.24) is 4.90 Å². The van der Waals surface area contributed by atoms with Crippen molar-refractivity contribution >= 4 is 5.91 Å². The van der Waals surface area contributed by atoms with Crippen LogP contribution < -0.4 is 11.5 Å². The Balaban J connectivity index is 2.39. The van der Waals surface area contributed by atoms with E-state index >= 15 is 0 Å². The maximum absolute atomic E-state index is 11.4. The molecular weight excluding hydrogens is 154 g/mol. The molecule has 70 valence electrons. The number of nitrogens with zero attached hydrogens (tertiary/aromatic N) is 1. The van der Waals surface area contributed by atoms with Gasteiger partial charge in [-0.05, 0) is 19.8 Å². The van der Waals surface area contributed by atoms with Gasteiger partial charge in [0.2, 0.25) is 5.91 Å². The average Bonchev–Trinajstić information content (AvgIpc) is 2.04. The van der Waals surface area contributed by atoms with Gasteiger partial charge in [0, 0.05) is 19.1 Å². The number of rotatable bonds is 1. The van der Waals surface area contributed by atoms with Crippen LogP contribution in [0.15, 0.2) is 0 Å². The lowest BCUT2D eigenvalue weighted by Gasteiger charge is -2.31. The maximum Gasteiger partial charge on any atom is 0.239 e. The highest BCUT2D eigenvalue weighted by Crippen LogP contribution is 2.08. The summed E-state index contributed by atoms with van der Waals surface area (Å²) in [5, 5.41) is 0. The minimum atomic E-state index is -0.376. The van der Waals surface area contributed by atoms with Gasteiger partial charge in [-0.25, -0.2) is 0 Å². The first-order chi connectivity index (χ1) is 5.61. The Morgan fingerprint density at radius 1 is 1.50 bits per heavy atom. The lowest BCUT2D eigenvalue weighted by molar-refractivity contribution is -0.133. The molecule has 4 N–H and O–H groups in total. The van der Waals surface area contributed by atoms with Crippen molar-refractivity contribution in [2.24, 2.45) is 11.5 Å². The van der Waals surface area contributed by atoms with E-state index in [0.717, 1.165) is 25.9 Å². The summed E-state index contributed by atoms with van der Waals surface area (Å²) in [5.41, 5.74) is 11.2. The summed E-state index contributed by atoms with van der Waals surface area (Å²) in [7, 11) is 0. The van der Waals surface area contributed by atoms with E-state index < -0.39 is 0 Å². The Bertz CT molecular complexity index is 162. The first kappa shape index (κ1) is 9.48. The van der Waals surface area contributed by atoms with Crippen LogP contribution in [0.2, 0.25) is 0 Å². The van der Waals surface area contributed by atoms with Crippen LogP contribution in [0.5, 0.6) is 0 Å². The molecule has 0 aromatic carbocycles. The van der Waals surface area contributed by atoms with E-state index in [9.17, 15) is 4.79 Å². The number of amides is 1. The number of hydrogen-bond acceptors (Lipinski definition) is 3. The molecule has 0 radical (unpaired) electrons. The largest absolute Gasteiger partial charge is 0.341 e. The highest BCUT2D eigenvalue weighted by molar-refractivity contribution is 5.81. The van der Waals surface area contributed by atoms with Crippen LogP contribution >= 0.6 is 0 Å². The molecule has 0 saturated carbocycles. The summed E-state index contributed by atoms with van der Waals surface area (Å²) in [4.78, 5) is 13.2. The Morgan fingerprint density at radius 3 is 2.42 bits per heavy atom. The quantitative estimate of drug-likeness (QED) is 0.547. The molecule has 0 unspecified atom stereocenters. The second kappa shape index (κ2) is 3.87. The molecule has 1 heterocycles. The summed E-state index contributed by atoms with van der Waals surface area (Å²) in [5.74, 6) is 0.0434. The fraction of sp³-hybridized carbons (Fsp3) is 0.875. The first-order valence-electron chi connectivity index (χ1n) is 4.41. The molecule has 12 heavy (non-hydrogen) atoms. The maximum atomic E-state index is 11.4. The van der Waals surface area contributed by atoms with Gasteiger partial charge < -0.3 is 16.4 Å². The second-order valence-electron chi connectivity index (χ2n) is 3.45. The van der Waals surface area contributed by atoms with Crippen LogP contribution in [0.3, 0.4) is 0 Å². The van der Waals surface area contributed by atoms with Gasteiger partial charge in [0.05, 0.1) is 6.04 Å². The molecule has 0 spiro atoms. The van der Waals surface area contributed by atoms with Gasteiger partial charge in [0.1, 0.15) is 0 Å². The molecule has 4 nitrogen and oxygen atoms in total. The molecule has 1 fully saturated rings. The molecule has 1 aliphatic rings. The normalized spacial score (nSPS) is 22.4. The fourth-order valence-electron chi connectivity index (χ4n) is 1.41. The minimum Gasteiger partial charge on any atom is -0.341 e. The van der Waals surface area contributed by atoms with Crippen molar-refractivity contribution in [2.45, 2.75) is 31.8 Å². The van der Waals surface area contributed by atoms with Crippen LogP contribution in [0.4, 0.5) is 0 Å². The SMILES string of the molecule is C[C@@H](N)C(=O)N1CCC(N)CC1. The Kier molecular flexibility index (Phi) is 3.05.